The molecule has 0 saturated carbocycles. The van der Waals surface area contributed by atoms with Gasteiger partial charge in [0.05, 0.1) is 7.11 Å². The number of ether oxygens (including phenoxy) is 1. The van der Waals surface area contributed by atoms with Gasteiger partial charge in [-0.25, -0.2) is 4.39 Å². The maximum Gasteiger partial charge on any atom is 0.323 e. The van der Waals surface area contributed by atoms with Crippen LogP contribution in [0.15, 0.2) is 18.2 Å². The lowest BCUT2D eigenvalue weighted by Crippen LogP contribution is -2.41. The van der Waals surface area contributed by atoms with Crippen molar-refractivity contribution in [1.82, 2.24) is 4.90 Å². The second-order valence-corrected chi connectivity index (χ2v) is 4.43. The Balaban J connectivity index is 3.08. The zero-order chi connectivity index (χ0) is 15.3. The van der Waals surface area contributed by atoms with E-state index in [1.54, 1.807) is 6.92 Å². The van der Waals surface area contributed by atoms with E-state index >= 15 is 0 Å². The monoisotopic (exact) mass is 283 g/mol. The average molecular weight is 283 g/mol. The second-order valence-electron chi connectivity index (χ2n) is 4.43. The van der Waals surface area contributed by atoms with Crippen LogP contribution in [0.3, 0.4) is 0 Å². The predicted octanol–water partition coefficient (Wildman–Crippen LogP) is 2.16. The molecular formula is C14H18FNO4. The number of amides is 1. The van der Waals surface area contributed by atoms with Crippen LogP contribution >= 0.6 is 0 Å². The fourth-order valence-corrected chi connectivity index (χ4v) is 1.75. The van der Waals surface area contributed by atoms with E-state index in [4.69, 9.17) is 9.84 Å². The van der Waals surface area contributed by atoms with Crippen LogP contribution in [0.2, 0.25) is 0 Å². The van der Waals surface area contributed by atoms with Gasteiger partial charge in [-0.3, -0.25) is 9.59 Å². The molecule has 0 radical (unpaired) electrons. The summed E-state index contributed by atoms with van der Waals surface area (Å²) in [4.78, 5) is 24.5. The standard InChI is InChI=1S/C14H18FNO4/c1-4-9(2)16(8-13(17)18)14(19)10-5-6-11(15)12(7-10)20-3/h5-7,9H,4,8H2,1-3H3,(H,17,18). The first kappa shape index (κ1) is 15.9. The predicted molar refractivity (Wildman–Crippen MR) is 71.4 cm³/mol. The number of carbonyl (C=O) groups excluding carboxylic acids is 1. The highest BCUT2D eigenvalue weighted by Gasteiger charge is 2.23. The van der Waals surface area contributed by atoms with Crippen LogP contribution in [0.1, 0.15) is 30.6 Å². The Labute approximate surface area is 117 Å². The molecule has 0 bridgehead atoms. The Hall–Kier alpha value is -2.11. The third kappa shape index (κ3) is 3.69. The summed E-state index contributed by atoms with van der Waals surface area (Å²) in [5.74, 6) is -2.17. The van der Waals surface area contributed by atoms with E-state index in [9.17, 15) is 14.0 Å². The molecule has 1 aromatic rings. The van der Waals surface area contributed by atoms with Gasteiger partial charge in [-0.2, -0.15) is 0 Å². The largest absolute Gasteiger partial charge is 0.494 e. The Morgan fingerprint density at radius 3 is 2.60 bits per heavy atom. The highest BCUT2D eigenvalue weighted by atomic mass is 19.1. The van der Waals surface area contributed by atoms with E-state index in [1.165, 1.54) is 24.1 Å². The van der Waals surface area contributed by atoms with Gasteiger partial charge in [-0.1, -0.05) is 6.92 Å². The van der Waals surface area contributed by atoms with Gasteiger partial charge in [0, 0.05) is 11.6 Å². The Morgan fingerprint density at radius 2 is 2.10 bits per heavy atom. The van der Waals surface area contributed by atoms with Crippen LogP contribution < -0.4 is 4.74 Å². The lowest BCUT2D eigenvalue weighted by molar-refractivity contribution is -0.138. The van der Waals surface area contributed by atoms with Crippen LogP contribution in [0.4, 0.5) is 4.39 Å². The summed E-state index contributed by atoms with van der Waals surface area (Å²) in [7, 11) is 1.30. The van der Waals surface area contributed by atoms with E-state index < -0.39 is 24.2 Å². The molecular weight excluding hydrogens is 265 g/mol. The number of aliphatic carboxylic acids is 1. The van der Waals surface area contributed by atoms with Crippen molar-refractivity contribution in [2.24, 2.45) is 0 Å². The number of nitrogens with zero attached hydrogens (tertiary/aromatic N) is 1. The SMILES string of the molecule is CCC(C)N(CC(=O)O)C(=O)c1ccc(F)c(OC)c1. The first-order valence-electron chi connectivity index (χ1n) is 6.27. The van der Waals surface area contributed by atoms with Gasteiger partial charge < -0.3 is 14.7 Å². The number of halogens is 1. The van der Waals surface area contributed by atoms with Crippen molar-refractivity contribution in [3.8, 4) is 5.75 Å². The lowest BCUT2D eigenvalue weighted by Gasteiger charge is -2.27. The molecule has 110 valence electrons. The van der Waals surface area contributed by atoms with Crippen molar-refractivity contribution in [3.05, 3.63) is 29.6 Å². The van der Waals surface area contributed by atoms with E-state index in [0.717, 1.165) is 6.07 Å². The van der Waals surface area contributed by atoms with Gasteiger partial charge in [0.2, 0.25) is 0 Å². The fraction of sp³-hybridized carbons (Fsp3) is 0.429. The summed E-state index contributed by atoms with van der Waals surface area (Å²) in [6.45, 7) is 3.23. The molecule has 1 N–H and O–H groups in total. The summed E-state index contributed by atoms with van der Waals surface area (Å²) in [6.07, 6.45) is 0.622. The Bertz CT molecular complexity index is 504. The molecule has 0 aliphatic rings. The second kappa shape index (κ2) is 6.88. The highest BCUT2D eigenvalue weighted by molar-refractivity contribution is 5.96. The van der Waals surface area contributed by atoms with Crippen LogP contribution in [-0.4, -0.2) is 41.6 Å². The third-order valence-electron chi connectivity index (χ3n) is 3.09. The molecule has 0 aromatic heterocycles. The van der Waals surface area contributed by atoms with Gasteiger partial charge in [0.1, 0.15) is 6.54 Å². The molecule has 0 fully saturated rings. The molecule has 1 aromatic carbocycles. The number of carbonyl (C=O) groups is 2. The molecule has 0 heterocycles. The summed E-state index contributed by atoms with van der Waals surface area (Å²) in [5, 5.41) is 8.89. The lowest BCUT2D eigenvalue weighted by atomic mass is 10.1. The molecule has 0 aliphatic carbocycles. The van der Waals surface area contributed by atoms with Gasteiger partial charge >= 0.3 is 5.97 Å². The molecule has 1 amide bonds. The van der Waals surface area contributed by atoms with Crippen molar-refractivity contribution in [2.45, 2.75) is 26.3 Å². The average Bonchev–Trinajstić information content (AvgIpc) is 2.43. The van der Waals surface area contributed by atoms with Crippen molar-refractivity contribution in [2.75, 3.05) is 13.7 Å². The first-order valence-corrected chi connectivity index (χ1v) is 6.27. The van der Waals surface area contributed by atoms with E-state index in [2.05, 4.69) is 0 Å². The topological polar surface area (TPSA) is 66.8 Å². The minimum Gasteiger partial charge on any atom is -0.494 e. The first-order chi connectivity index (χ1) is 9.40. The molecule has 1 atom stereocenters. The minimum atomic E-state index is -1.09. The molecule has 0 saturated heterocycles. The van der Waals surface area contributed by atoms with Gasteiger partial charge in [0.15, 0.2) is 11.6 Å². The van der Waals surface area contributed by atoms with E-state index in [0.29, 0.717) is 6.42 Å². The minimum absolute atomic E-state index is 0.0460. The van der Waals surface area contributed by atoms with Gasteiger partial charge in [0.25, 0.3) is 5.91 Å². The van der Waals surface area contributed by atoms with Crippen molar-refractivity contribution in [3.63, 3.8) is 0 Å². The molecule has 1 unspecified atom stereocenters. The number of rotatable bonds is 6. The Kier molecular flexibility index (Phi) is 5.49. The van der Waals surface area contributed by atoms with Crippen molar-refractivity contribution in [1.29, 1.82) is 0 Å². The third-order valence-corrected chi connectivity index (χ3v) is 3.09. The molecule has 6 heteroatoms. The molecule has 5 nitrogen and oxygen atoms in total. The van der Waals surface area contributed by atoms with Crippen LogP contribution in [-0.2, 0) is 4.79 Å². The quantitative estimate of drug-likeness (QED) is 0.868. The maximum atomic E-state index is 13.3. The van der Waals surface area contributed by atoms with Crippen molar-refractivity contribution < 1.29 is 23.8 Å². The maximum absolute atomic E-state index is 13.3. The summed E-state index contributed by atoms with van der Waals surface area (Å²) < 4.78 is 18.1. The number of carboxylic acids is 1. The van der Waals surface area contributed by atoms with Gasteiger partial charge in [-0.05, 0) is 31.5 Å². The van der Waals surface area contributed by atoms with Crippen LogP contribution in [0.5, 0.6) is 5.75 Å². The normalized spacial score (nSPS) is 11.8. The van der Waals surface area contributed by atoms with Crippen molar-refractivity contribution >= 4 is 11.9 Å². The van der Waals surface area contributed by atoms with E-state index in [-0.39, 0.29) is 17.4 Å². The number of hydrogen-bond acceptors (Lipinski definition) is 3. The van der Waals surface area contributed by atoms with E-state index in [1.807, 2.05) is 6.92 Å². The molecule has 0 aliphatic heterocycles. The van der Waals surface area contributed by atoms with Crippen LogP contribution in [0, 0.1) is 5.82 Å². The molecule has 1 rings (SSSR count). The summed E-state index contributed by atoms with van der Waals surface area (Å²) in [6, 6.07) is 3.49. The summed E-state index contributed by atoms with van der Waals surface area (Å²) >= 11 is 0. The zero-order valence-electron chi connectivity index (χ0n) is 11.7. The number of hydrogen-bond donors (Lipinski definition) is 1. The number of carboxylic acid groups (broad SMARTS) is 1. The zero-order valence-corrected chi connectivity index (χ0v) is 11.7. The van der Waals surface area contributed by atoms with Gasteiger partial charge in [-0.15, -0.1) is 0 Å². The molecule has 20 heavy (non-hydrogen) atoms. The summed E-state index contributed by atoms with van der Waals surface area (Å²) in [5.41, 5.74) is 0.199. The molecule has 0 spiro atoms. The smallest absolute Gasteiger partial charge is 0.323 e. The Morgan fingerprint density at radius 1 is 1.45 bits per heavy atom. The number of benzene rings is 1. The number of methoxy groups -OCH3 is 1. The highest BCUT2D eigenvalue weighted by Crippen LogP contribution is 2.20. The fourth-order valence-electron chi connectivity index (χ4n) is 1.75. The van der Waals surface area contributed by atoms with Crippen LogP contribution in [0.25, 0.3) is 0 Å².